The van der Waals surface area contributed by atoms with Gasteiger partial charge in [-0.1, -0.05) is 60.7 Å². The number of alkyl halides is 1. The molecular weight excluding hydrogens is 396 g/mol. The van der Waals surface area contributed by atoms with Crippen molar-refractivity contribution >= 4 is 39.1 Å². The molecule has 0 N–H and O–H groups in total. The fourth-order valence-electron chi connectivity index (χ4n) is 4.01. The number of hydrogen-bond donors (Lipinski definition) is 0. The van der Waals surface area contributed by atoms with E-state index in [9.17, 15) is 4.79 Å². The Balaban J connectivity index is 1.80. The quantitative estimate of drug-likeness (QED) is 0.214. The number of halogens is 1. The van der Waals surface area contributed by atoms with E-state index in [1.807, 2.05) is 61.5 Å². The molecule has 0 radical (unpaired) electrons. The molecule has 0 spiro atoms. The Morgan fingerprint density at radius 1 is 0.867 bits per heavy atom. The third-order valence-corrected chi connectivity index (χ3v) is 6.69. The van der Waals surface area contributed by atoms with Crippen molar-refractivity contribution in [2.45, 2.75) is 18.7 Å². The standard InChI is InChI=1S/C26H21ClO3/c1-26(15-22(26)27)25(28)30-21-14-12-17-8-4-6-10-19(17)24(21)23-18-9-5-3-7-16(18)11-13-20(23)29-2/h3-14,22H,15H2,1-2H3/t22-,26-/m1/s1. The van der Waals surface area contributed by atoms with Gasteiger partial charge in [-0.3, -0.25) is 4.79 Å². The zero-order chi connectivity index (χ0) is 20.9. The molecule has 150 valence electrons. The van der Waals surface area contributed by atoms with Crippen LogP contribution in [0.5, 0.6) is 11.5 Å². The van der Waals surface area contributed by atoms with Gasteiger partial charge in [0, 0.05) is 11.1 Å². The van der Waals surface area contributed by atoms with Gasteiger partial charge in [-0.15, -0.1) is 11.6 Å². The summed E-state index contributed by atoms with van der Waals surface area (Å²) < 4.78 is 11.7. The van der Waals surface area contributed by atoms with Crippen LogP contribution in [0.1, 0.15) is 13.3 Å². The fourth-order valence-corrected chi connectivity index (χ4v) is 4.42. The first-order valence-electron chi connectivity index (χ1n) is 9.97. The van der Waals surface area contributed by atoms with Crippen molar-refractivity contribution in [3.8, 4) is 22.6 Å². The van der Waals surface area contributed by atoms with Gasteiger partial charge in [0.2, 0.25) is 0 Å². The first kappa shape index (κ1) is 19.0. The van der Waals surface area contributed by atoms with E-state index < -0.39 is 5.41 Å². The molecule has 0 amide bonds. The van der Waals surface area contributed by atoms with Crippen LogP contribution in [0.4, 0.5) is 0 Å². The van der Waals surface area contributed by atoms with Crippen molar-refractivity contribution in [1.82, 2.24) is 0 Å². The van der Waals surface area contributed by atoms with Crippen molar-refractivity contribution in [3.63, 3.8) is 0 Å². The highest BCUT2D eigenvalue weighted by molar-refractivity contribution is 6.25. The minimum absolute atomic E-state index is 0.180. The van der Waals surface area contributed by atoms with Crippen LogP contribution in [0.2, 0.25) is 0 Å². The first-order valence-corrected chi connectivity index (χ1v) is 10.4. The average molecular weight is 417 g/mol. The fraction of sp³-hybridized carbons (Fsp3) is 0.192. The molecule has 0 bridgehead atoms. The molecule has 1 aliphatic rings. The zero-order valence-electron chi connectivity index (χ0n) is 16.8. The van der Waals surface area contributed by atoms with Crippen LogP contribution in [0.15, 0.2) is 72.8 Å². The molecule has 5 rings (SSSR count). The topological polar surface area (TPSA) is 35.5 Å². The smallest absolute Gasteiger partial charge is 0.318 e. The number of fused-ring (bicyclic) bond motifs is 2. The lowest BCUT2D eigenvalue weighted by Gasteiger charge is -2.19. The summed E-state index contributed by atoms with van der Waals surface area (Å²) in [5.41, 5.74) is 1.14. The van der Waals surface area contributed by atoms with Gasteiger partial charge < -0.3 is 9.47 Å². The van der Waals surface area contributed by atoms with Gasteiger partial charge in [-0.25, -0.2) is 0 Å². The minimum Gasteiger partial charge on any atom is -0.496 e. The molecular formula is C26H21ClO3. The summed E-state index contributed by atoms with van der Waals surface area (Å²) in [6, 6.07) is 24.1. The number of rotatable bonds is 4. The Kier molecular flexibility index (Phi) is 4.44. The molecule has 4 aromatic carbocycles. The molecule has 4 heteroatoms. The maximum absolute atomic E-state index is 12.9. The molecule has 0 heterocycles. The van der Waals surface area contributed by atoms with E-state index in [0.29, 0.717) is 12.2 Å². The van der Waals surface area contributed by atoms with E-state index in [1.54, 1.807) is 7.11 Å². The number of carbonyl (C=O) groups excluding carboxylic acids is 1. The molecule has 1 fully saturated rings. The number of esters is 1. The van der Waals surface area contributed by atoms with Gasteiger partial charge in [-0.2, -0.15) is 0 Å². The zero-order valence-corrected chi connectivity index (χ0v) is 17.6. The SMILES string of the molecule is COc1ccc2ccccc2c1-c1c(OC(=O)[C@]2(C)C[C@H]2Cl)ccc2ccccc12. The number of hydrogen-bond acceptors (Lipinski definition) is 3. The molecule has 1 saturated carbocycles. The maximum Gasteiger partial charge on any atom is 0.318 e. The lowest BCUT2D eigenvalue weighted by Crippen LogP contribution is -2.21. The molecule has 0 aromatic heterocycles. The summed E-state index contributed by atoms with van der Waals surface area (Å²) in [6.45, 7) is 1.85. The van der Waals surface area contributed by atoms with Gasteiger partial charge in [0.25, 0.3) is 0 Å². The van der Waals surface area contributed by atoms with Crippen LogP contribution in [-0.2, 0) is 4.79 Å². The van der Waals surface area contributed by atoms with Crippen molar-refractivity contribution in [2.24, 2.45) is 5.41 Å². The largest absolute Gasteiger partial charge is 0.496 e. The molecule has 0 saturated heterocycles. The molecule has 3 nitrogen and oxygen atoms in total. The van der Waals surface area contributed by atoms with E-state index in [0.717, 1.165) is 38.4 Å². The molecule has 0 unspecified atom stereocenters. The van der Waals surface area contributed by atoms with Crippen molar-refractivity contribution < 1.29 is 14.3 Å². The van der Waals surface area contributed by atoms with Gasteiger partial charge in [-0.05, 0) is 47.0 Å². The van der Waals surface area contributed by atoms with Gasteiger partial charge in [0.1, 0.15) is 11.5 Å². The third kappa shape index (κ3) is 2.93. The van der Waals surface area contributed by atoms with Gasteiger partial charge in [0.15, 0.2) is 0 Å². The first-order chi connectivity index (χ1) is 14.5. The van der Waals surface area contributed by atoms with E-state index in [1.165, 1.54) is 0 Å². The molecule has 0 aliphatic heterocycles. The summed E-state index contributed by atoms with van der Waals surface area (Å²) >= 11 is 6.21. The van der Waals surface area contributed by atoms with Crippen LogP contribution in [0, 0.1) is 5.41 Å². The van der Waals surface area contributed by atoms with Crippen molar-refractivity contribution in [1.29, 1.82) is 0 Å². The normalized spacial score (nSPS) is 20.3. The molecule has 4 aromatic rings. The number of ether oxygens (including phenoxy) is 2. The highest BCUT2D eigenvalue weighted by atomic mass is 35.5. The predicted molar refractivity (Wildman–Crippen MR) is 121 cm³/mol. The van der Waals surface area contributed by atoms with Crippen LogP contribution in [-0.4, -0.2) is 18.5 Å². The number of methoxy groups -OCH3 is 1. The Morgan fingerprint density at radius 3 is 1.90 bits per heavy atom. The monoisotopic (exact) mass is 416 g/mol. The summed E-state index contributed by atoms with van der Waals surface area (Å²) in [5, 5.41) is 4.02. The Morgan fingerprint density at radius 2 is 1.37 bits per heavy atom. The minimum atomic E-state index is -0.632. The molecule has 2 atom stereocenters. The van der Waals surface area contributed by atoms with Gasteiger partial charge >= 0.3 is 5.97 Å². The maximum atomic E-state index is 12.9. The number of carbonyl (C=O) groups is 1. The van der Waals surface area contributed by atoms with Crippen molar-refractivity contribution in [2.75, 3.05) is 7.11 Å². The Hall–Kier alpha value is -3.04. The summed E-state index contributed by atoms with van der Waals surface area (Å²) in [5.74, 6) is 0.957. The molecule has 1 aliphatic carbocycles. The summed E-state index contributed by atoms with van der Waals surface area (Å²) in [4.78, 5) is 12.9. The van der Waals surface area contributed by atoms with Crippen LogP contribution in [0.25, 0.3) is 32.7 Å². The van der Waals surface area contributed by atoms with Gasteiger partial charge in [0.05, 0.1) is 17.9 Å². The summed E-state index contributed by atoms with van der Waals surface area (Å²) in [7, 11) is 1.66. The number of benzene rings is 4. The second-order valence-corrected chi connectivity index (χ2v) is 8.53. The van der Waals surface area contributed by atoms with Crippen LogP contribution < -0.4 is 9.47 Å². The second kappa shape index (κ2) is 7.03. The van der Waals surface area contributed by atoms with E-state index in [4.69, 9.17) is 21.1 Å². The lowest BCUT2D eigenvalue weighted by molar-refractivity contribution is -0.139. The molecule has 30 heavy (non-hydrogen) atoms. The average Bonchev–Trinajstić information content (AvgIpc) is 3.40. The Labute approximate surface area is 180 Å². The highest BCUT2D eigenvalue weighted by Crippen LogP contribution is 2.52. The van der Waals surface area contributed by atoms with Crippen molar-refractivity contribution in [3.05, 3.63) is 72.8 Å². The van der Waals surface area contributed by atoms with E-state index in [-0.39, 0.29) is 11.3 Å². The van der Waals surface area contributed by atoms with Crippen LogP contribution in [0.3, 0.4) is 0 Å². The summed E-state index contributed by atoms with van der Waals surface area (Å²) in [6.07, 6.45) is 0.633. The second-order valence-electron chi connectivity index (χ2n) is 8.00. The highest BCUT2D eigenvalue weighted by Gasteiger charge is 2.57. The van der Waals surface area contributed by atoms with E-state index >= 15 is 0 Å². The van der Waals surface area contributed by atoms with Crippen LogP contribution >= 0.6 is 11.6 Å². The third-order valence-electron chi connectivity index (χ3n) is 6.05. The lowest BCUT2D eigenvalue weighted by atomic mass is 9.92. The predicted octanol–water partition coefficient (Wildman–Crippen LogP) is 6.59. The van der Waals surface area contributed by atoms with E-state index in [2.05, 4.69) is 18.2 Å². The Bertz CT molecular complexity index is 1300.